The summed E-state index contributed by atoms with van der Waals surface area (Å²) in [6.45, 7) is 1.49. The zero-order chi connectivity index (χ0) is 13.1. The molecule has 2 unspecified atom stereocenters. The van der Waals surface area contributed by atoms with Gasteiger partial charge in [-0.15, -0.1) is 11.6 Å². The molecule has 1 aliphatic carbocycles. The van der Waals surface area contributed by atoms with Gasteiger partial charge in [-0.05, 0) is 30.5 Å². The van der Waals surface area contributed by atoms with Crippen LogP contribution in [0, 0.1) is 0 Å². The number of hydrogen-bond acceptors (Lipinski definition) is 2. The number of alkyl halides is 1. The predicted octanol–water partition coefficient (Wildman–Crippen LogP) is 4.50. The molecule has 0 amide bonds. The minimum Gasteiger partial charge on any atom is -0.490 e. The van der Waals surface area contributed by atoms with Gasteiger partial charge in [-0.2, -0.15) is 0 Å². The molecule has 1 aromatic rings. The van der Waals surface area contributed by atoms with Crippen LogP contribution in [0.5, 0.6) is 11.5 Å². The molecular formula is C16H21ClO2. The van der Waals surface area contributed by atoms with E-state index < -0.39 is 0 Å². The van der Waals surface area contributed by atoms with Crippen molar-refractivity contribution in [3.8, 4) is 11.5 Å². The minimum absolute atomic E-state index is 0.257. The topological polar surface area (TPSA) is 18.5 Å². The number of ether oxygens (including phenoxy) is 2. The molecule has 3 rings (SSSR count). The summed E-state index contributed by atoms with van der Waals surface area (Å²) in [5, 5.41) is 0.257. The van der Waals surface area contributed by atoms with Crippen LogP contribution >= 0.6 is 11.6 Å². The molecule has 104 valence electrons. The van der Waals surface area contributed by atoms with E-state index in [0.717, 1.165) is 37.6 Å². The Morgan fingerprint density at radius 3 is 2.58 bits per heavy atom. The van der Waals surface area contributed by atoms with Crippen LogP contribution in [0.4, 0.5) is 0 Å². The first-order valence-corrected chi connectivity index (χ1v) is 7.82. The first kappa shape index (κ1) is 13.1. The van der Waals surface area contributed by atoms with Gasteiger partial charge in [0.1, 0.15) is 0 Å². The maximum atomic E-state index is 6.56. The van der Waals surface area contributed by atoms with Crippen molar-refractivity contribution in [1.29, 1.82) is 0 Å². The summed E-state index contributed by atoms with van der Waals surface area (Å²) in [4.78, 5) is 0. The number of benzene rings is 1. The Morgan fingerprint density at radius 1 is 0.895 bits per heavy atom. The highest BCUT2D eigenvalue weighted by molar-refractivity contribution is 6.21. The molecule has 0 bridgehead atoms. The van der Waals surface area contributed by atoms with Gasteiger partial charge in [-0.1, -0.05) is 25.3 Å². The van der Waals surface area contributed by atoms with Gasteiger partial charge in [0.15, 0.2) is 11.5 Å². The zero-order valence-electron chi connectivity index (χ0n) is 11.2. The molecule has 1 fully saturated rings. The van der Waals surface area contributed by atoms with E-state index >= 15 is 0 Å². The second-order valence-electron chi connectivity index (χ2n) is 5.52. The van der Waals surface area contributed by atoms with Crippen LogP contribution in [0.3, 0.4) is 0 Å². The summed E-state index contributed by atoms with van der Waals surface area (Å²) in [5.74, 6) is 2.23. The molecule has 2 nitrogen and oxygen atoms in total. The van der Waals surface area contributed by atoms with Crippen molar-refractivity contribution < 1.29 is 9.47 Å². The van der Waals surface area contributed by atoms with Gasteiger partial charge in [-0.25, -0.2) is 0 Å². The highest BCUT2D eigenvalue weighted by Crippen LogP contribution is 2.39. The SMILES string of the molecule is ClC1CCCCCC1c1ccc2c(c1)OCCCO2. The van der Waals surface area contributed by atoms with Crippen LogP contribution in [-0.2, 0) is 0 Å². The number of fused-ring (bicyclic) bond motifs is 1. The molecule has 1 heterocycles. The highest BCUT2D eigenvalue weighted by atomic mass is 35.5. The fraction of sp³-hybridized carbons (Fsp3) is 0.625. The second kappa shape index (κ2) is 6.04. The number of rotatable bonds is 1. The fourth-order valence-electron chi connectivity index (χ4n) is 3.05. The van der Waals surface area contributed by atoms with Gasteiger partial charge < -0.3 is 9.47 Å². The lowest BCUT2D eigenvalue weighted by Gasteiger charge is -2.21. The van der Waals surface area contributed by atoms with Crippen LogP contribution in [0.15, 0.2) is 18.2 Å². The summed E-state index contributed by atoms with van der Waals surface area (Å²) in [6, 6.07) is 6.36. The smallest absolute Gasteiger partial charge is 0.161 e. The molecule has 2 atom stereocenters. The van der Waals surface area contributed by atoms with Gasteiger partial charge in [-0.3, -0.25) is 0 Å². The monoisotopic (exact) mass is 280 g/mol. The highest BCUT2D eigenvalue weighted by Gasteiger charge is 2.24. The lowest BCUT2D eigenvalue weighted by atomic mass is 9.91. The Bertz CT molecular complexity index is 433. The average Bonchev–Trinajstić information content (AvgIpc) is 2.77. The van der Waals surface area contributed by atoms with Crippen LogP contribution < -0.4 is 9.47 Å². The summed E-state index contributed by atoms with van der Waals surface area (Å²) >= 11 is 6.56. The number of halogens is 1. The molecule has 0 spiro atoms. The van der Waals surface area contributed by atoms with E-state index in [1.807, 2.05) is 6.07 Å². The lowest BCUT2D eigenvalue weighted by Crippen LogP contribution is -2.11. The Labute approximate surface area is 120 Å². The maximum Gasteiger partial charge on any atom is 0.161 e. The Hall–Kier alpha value is -0.890. The third kappa shape index (κ3) is 3.00. The first-order valence-electron chi connectivity index (χ1n) is 7.38. The molecule has 0 radical (unpaired) electrons. The average molecular weight is 281 g/mol. The third-order valence-corrected chi connectivity index (χ3v) is 4.65. The van der Waals surface area contributed by atoms with E-state index in [-0.39, 0.29) is 5.38 Å². The zero-order valence-corrected chi connectivity index (χ0v) is 12.0. The quantitative estimate of drug-likeness (QED) is 0.557. The van der Waals surface area contributed by atoms with E-state index in [2.05, 4.69) is 12.1 Å². The van der Waals surface area contributed by atoms with E-state index in [1.54, 1.807) is 0 Å². The van der Waals surface area contributed by atoms with Crippen molar-refractivity contribution in [1.82, 2.24) is 0 Å². The van der Waals surface area contributed by atoms with Gasteiger partial charge >= 0.3 is 0 Å². The molecule has 3 heteroatoms. The molecule has 1 aromatic carbocycles. The largest absolute Gasteiger partial charge is 0.490 e. The number of hydrogen-bond donors (Lipinski definition) is 0. The molecular weight excluding hydrogens is 260 g/mol. The fourth-order valence-corrected chi connectivity index (χ4v) is 3.47. The van der Waals surface area contributed by atoms with Gasteiger partial charge in [0, 0.05) is 17.7 Å². The van der Waals surface area contributed by atoms with Crippen molar-refractivity contribution in [2.24, 2.45) is 0 Å². The molecule has 1 aliphatic heterocycles. The van der Waals surface area contributed by atoms with Crippen molar-refractivity contribution in [2.45, 2.75) is 49.8 Å². The first-order chi connectivity index (χ1) is 9.34. The van der Waals surface area contributed by atoms with Gasteiger partial charge in [0.05, 0.1) is 13.2 Å². The molecule has 1 saturated carbocycles. The maximum absolute atomic E-state index is 6.56. The lowest BCUT2D eigenvalue weighted by molar-refractivity contribution is 0.297. The van der Waals surface area contributed by atoms with E-state index in [1.165, 1.54) is 31.2 Å². The molecule has 2 aliphatic rings. The molecule has 0 saturated heterocycles. The van der Waals surface area contributed by atoms with Crippen molar-refractivity contribution >= 4 is 11.6 Å². The Kier molecular flexibility index (Phi) is 4.17. The van der Waals surface area contributed by atoms with Crippen LogP contribution in [0.25, 0.3) is 0 Å². The van der Waals surface area contributed by atoms with Crippen LogP contribution in [-0.4, -0.2) is 18.6 Å². The normalized spacial score (nSPS) is 27.4. The second-order valence-corrected chi connectivity index (χ2v) is 6.08. The minimum atomic E-state index is 0.257. The Morgan fingerprint density at radius 2 is 1.68 bits per heavy atom. The van der Waals surface area contributed by atoms with Crippen LogP contribution in [0.1, 0.15) is 50.0 Å². The van der Waals surface area contributed by atoms with E-state index in [4.69, 9.17) is 21.1 Å². The van der Waals surface area contributed by atoms with E-state index in [9.17, 15) is 0 Å². The summed E-state index contributed by atoms with van der Waals surface area (Å²) < 4.78 is 11.5. The van der Waals surface area contributed by atoms with Gasteiger partial charge in [0.2, 0.25) is 0 Å². The molecule has 19 heavy (non-hydrogen) atoms. The third-order valence-electron chi connectivity index (χ3n) is 4.13. The molecule has 0 N–H and O–H groups in total. The van der Waals surface area contributed by atoms with Crippen molar-refractivity contribution in [3.05, 3.63) is 23.8 Å². The predicted molar refractivity (Wildman–Crippen MR) is 77.5 cm³/mol. The summed E-state index contributed by atoms with van der Waals surface area (Å²) in [7, 11) is 0. The summed E-state index contributed by atoms with van der Waals surface area (Å²) in [5.41, 5.74) is 1.31. The van der Waals surface area contributed by atoms with Crippen molar-refractivity contribution in [3.63, 3.8) is 0 Å². The molecule has 0 aromatic heterocycles. The van der Waals surface area contributed by atoms with Crippen molar-refractivity contribution in [2.75, 3.05) is 13.2 Å². The Balaban J connectivity index is 1.85. The van der Waals surface area contributed by atoms with Crippen LogP contribution in [0.2, 0.25) is 0 Å². The standard InChI is InChI=1S/C16H21ClO2/c17-14-6-3-1-2-5-13(14)12-7-8-15-16(11-12)19-10-4-9-18-15/h7-8,11,13-14H,1-6,9-10H2. The van der Waals surface area contributed by atoms with Gasteiger partial charge in [0.25, 0.3) is 0 Å². The summed E-state index contributed by atoms with van der Waals surface area (Å²) in [6.07, 6.45) is 7.11. The van der Waals surface area contributed by atoms with E-state index in [0.29, 0.717) is 5.92 Å².